The predicted octanol–water partition coefficient (Wildman–Crippen LogP) is 1.66. The van der Waals surface area contributed by atoms with Crippen LogP contribution in [0.3, 0.4) is 0 Å². The third-order valence-electron chi connectivity index (χ3n) is 3.14. The van der Waals surface area contributed by atoms with Crippen molar-refractivity contribution in [3.05, 3.63) is 52.0 Å². The van der Waals surface area contributed by atoms with E-state index in [9.17, 15) is 18.5 Å². The number of nitrogens with zero attached hydrogens (tertiary/aromatic N) is 3. The summed E-state index contributed by atoms with van der Waals surface area (Å²) in [4.78, 5) is 25.5. The summed E-state index contributed by atoms with van der Waals surface area (Å²) in [6.45, 7) is 0.533. The van der Waals surface area contributed by atoms with E-state index >= 15 is 0 Å². The van der Waals surface area contributed by atoms with Gasteiger partial charge >= 0.3 is 5.91 Å². The largest absolute Gasteiger partial charge is 0.336 e. The van der Waals surface area contributed by atoms with Gasteiger partial charge in [0.25, 0.3) is 0 Å². The predicted molar refractivity (Wildman–Crippen MR) is 64.1 cm³/mol. The summed E-state index contributed by atoms with van der Waals surface area (Å²) in [5, 5.41) is 5.30. The number of rotatable bonds is 1. The number of amides is 1. The third-order valence-corrected chi connectivity index (χ3v) is 3.14. The lowest BCUT2D eigenvalue weighted by Crippen LogP contribution is -2.13. The standard InChI is InChI=1S/C12H8F2N4O2/c13-7-1-6-3-15-4-10-11(12(19)17-20)16-5-18(10)9(6)2-8(7)14/h1-2,5,15H,3-4H2. The highest BCUT2D eigenvalue weighted by atomic mass is 19.2. The lowest BCUT2D eigenvalue weighted by atomic mass is 10.1. The van der Waals surface area contributed by atoms with Crippen molar-refractivity contribution in [2.75, 3.05) is 0 Å². The van der Waals surface area contributed by atoms with E-state index < -0.39 is 17.5 Å². The highest BCUT2D eigenvalue weighted by Gasteiger charge is 2.23. The number of carbonyl (C=O) groups excluding carboxylic acids is 1. The Hall–Kier alpha value is -2.48. The molecule has 1 aromatic carbocycles. The second-order valence-corrected chi connectivity index (χ2v) is 4.30. The maximum Gasteiger partial charge on any atom is 0.336 e. The molecule has 0 saturated heterocycles. The van der Waals surface area contributed by atoms with E-state index in [-0.39, 0.29) is 12.2 Å². The molecule has 1 amide bonds. The molecule has 6 nitrogen and oxygen atoms in total. The quantitative estimate of drug-likeness (QED) is 0.805. The minimum atomic E-state index is -0.994. The zero-order valence-corrected chi connectivity index (χ0v) is 10.1. The summed E-state index contributed by atoms with van der Waals surface area (Å²) in [5.74, 6) is -2.93. The van der Waals surface area contributed by atoms with Crippen LogP contribution in [0, 0.1) is 16.5 Å². The minimum absolute atomic E-state index is 0.0925. The van der Waals surface area contributed by atoms with Crippen LogP contribution in [0.25, 0.3) is 5.69 Å². The average molecular weight is 278 g/mol. The Kier molecular flexibility index (Phi) is 2.87. The Morgan fingerprint density at radius 3 is 2.80 bits per heavy atom. The number of imidazole rings is 1. The summed E-state index contributed by atoms with van der Waals surface area (Å²) in [6.07, 6.45) is 1.29. The van der Waals surface area contributed by atoms with Crippen molar-refractivity contribution in [1.29, 1.82) is 0 Å². The zero-order chi connectivity index (χ0) is 14.3. The van der Waals surface area contributed by atoms with Gasteiger partial charge in [-0.15, -0.1) is 4.91 Å². The molecule has 1 aliphatic heterocycles. The molecular weight excluding hydrogens is 270 g/mol. The van der Waals surface area contributed by atoms with Crippen LogP contribution in [0.2, 0.25) is 0 Å². The minimum Gasteiger partial charge on any atom is -0.307 e. The van der Waals surface area contributed by atoms with Crippen molar-refractivity contribution in [2.45, 2.75) is 13.1 Å². The van der Waals surface area contributed by atoms with Gasteiger partial charge < -0.3 is 9.88 Å². The molecule has 0 aliphatic carbocycles. The number of nitrogens with one attached hydrogen (secondary N) is 1. The van der Waals surface area contributed by atoms with Gasteiger partial charge in [0.15, 0.2) is 17.3 Å². The van der Waals surface area contributed by atoms with Crippen LogP contribution in [0.4, 0.5) is 8.78 Å². The average Bonchev–Trinajstić information content (AvgIpc) is 2.78. The van der Waals surface area contributed by atoms with E-state index in [1.165, 1.54) is 10.9 Å². The molecule has 1 aromatic heterocycles. The van der Waals surface area contributed by atoms with Gasteiger partial charge in [-0.2, -0.15) is 0 Å². The van der Waals surface area contributed by atoms with Gasteiger partial charge in [0.05, 0.1) is 11.4 Å². The maximum absolute atomic E-state index is 13.4. The molecule has 0 atom stereocenters. The summed E-state index contributed by atoms with van der Waals surface area (Å²) < 4.78 is 28.1. The Morgan fingerprint density at radius 1 is 1.30 bits per heavy atom. The fraction of sp³-hybridized carbons (Fsp3) is 0.167. The molecule has 0 bridgehead atoms. The topological polar surface area (TPSA) is 76.3 Å². The van der Waals surface area contributed by atoms with E-state index in [0.29, 0.717) is 23.5 Å². The number of carbonyl (C=O) groups is 1. The van der Waals surface area contributed by atoms with E-state index in [0.717, 1.165) is 12.1 Å². The molecule has 2 aromatic rings. The van der Waals surface area contributed by atoms with Crippen molar-refractivity contribution >= 4 is 5.91 Å². The van der Waals surface area contributed by atoms with Crippen molar-refractivity contribution in [3.63, 3.8) is 0 Å². The number of benzene rings is 1. The van der Waals surface area contributed by atoms with Gasteiger partial charge in [0.1, 0.15) is 6.33 Å². The highest BCUT2D eigenvalue weighted by Crippen LogP contribution is 2.25. The summed E-state index contributed by atoms with van der Waals surface area (Å²) in [7, 11) is 0. The molecular formula is C12H8F2N4O2. The maximum atomic E-state index is 13.4. The Morgan fingerprint density at radius 2 is 2.05 bits per heavy atom. The van der Waals surface area contributed by atoms with E-state index in [4.69, 9.17) is 0 Å². The van der Waals surface area contributed by atoms with Crippen LogP contribution >= 0.6 is 0 Å². The number of halogens is 2. The first kappa shape index (κ1) is 12.5. The van der Waals surface area contributed by atoms with Crippen LogP contribution in [0.15, 0.2) is 23.6 Å². The Bertz CT molecular complexity index is 726. The van der Waals surface area contributed by atoms with Gasteiger partial charge in [0.2, 0.25) is 0 Å². The van der Waals surface area contributed by atoms with E-state index in [1.54, 1.807) is 0 Å². The van der Waals surface area contributed by atoms with E-state index in [1.807, 2.05) is 0 Å². The van der Waals surface area contributed by atoms with Crippen LogP contribution < -0.4 is 5.32 Å². The molecule has 0 fully saturated rings. The molecule has 1 aliphatic rings. The fourth-order valence-corrected chi connectivity index (χ4v) is 2.23. The molecule has 0 saturated carbocycles. The second-order valence-electron chi connectivity index (χ2n) is 4.30. The molecule has 0 radical (unpaired) electrons. The van der Waals surface area contributed by atoms with Gasteiger partial charge in [0, 0.05) is 24.3 Å². The van der Waals surface area contributed by atoms with Gasteiger partial charge in [-0.1, -0.05) is 0 Å². The molecule has 8 heteroatoms. The second kappa shape index (κ2) is 4.57. The van der Waals surface area contributed by atoms with Crippen LogP contribution in [0.1, 0.15) is 21.7 Å². The molecule has 0 spiro atoms. The monoisotopic (exact) mass is 278 g/mol. The van der Waals surface area contributed by atoms with Gasteiger partial charge in [-0.3, -0.25) is 4.79 Å². The summed E-state index contributed by atoms with van der Waals surface area (Å²) in [5.41, 5.74) is 1.20. The van der Waals surface area contributed by atoms with Crippen molar-refractivity contribution in [3.8, 4) is 5.69 Å². The molecule has 102 valence electrons. The first-order valence-corrected chi connectivity index (χ1v) is 5.74. The highest BCUT2D eigenvalue weighted by molar-refractivity contribution is 5.94. The van der Waals surface area contributed by atoms with E-state index in [2.05, 4.69) is 15.5 Å². The Labute approximate surface area is 111 Å². The zero-order valence-electron chi connectivity index (χ0n) is 10.1. The number of nitroso groups, excluding NO2 is 1. The number of fused-ring (bicyclic) bond motifs is 3. The molecule has 3 rings (SSSR count). The number of aromatic nitrogens is 2. The lowest BCUT2D eigenvalue weighted by Gasteiger charge is -2.09. The lowest BCUT2D eigenvalue weighted by molar-refractivity contribution is 0.0995. The van der Waals surface area contributed by atoms with Crippen LogP contribution in [-0.4, -0.2) is 15.5 Å². The van der Waals surface area contributed by atoms with Crippen molar-refractivity contribution in [2.24, 2.45) is 5.18 Å². The first-order chi connectivity index (χ1) is 9.61. The smallest absolute Gasteiger partial charge is 0.307 e. The molecule has 1 N–H and O–H groups in total. The SMILES string of the molecule is O=NC(=O)c1ncn2c1CNCc1cc(F)c(F)cc1-2. The normalized spacial score (nSPS) is 13.3. The van der Waals surface area contributed by atoms with Crippen LogP contribution in [-0.2, 0) is 13.1 Å². The van der Waals surface area contributed by atoms with Crippen molar-refractivity contribution in [1.82, 2.24) is 14.9 Å². The third kappa shape index (κ3) is 1.81. The molecule has 20 heavy (non-hydrogen) atoms. The molecule has 2 heterocycles. The van der Waals surface area contributed by atoms with Gasteiger partial charge in [-0.25, -0.2) is 13.8 Å². The fourth-order valence-electron chi connectivity index (χ4n) is 2.23. The summed E-state index contributed by atoms with van der Waals surface area (Å²) >= 11 is 0. The van der Waals surface area contributed by atoms with Crippen molar-refractivity contribution < 1.29 is 13.6 Å². The summed E-state index contributed by atoms with van der Waals surface area (Å²) in [6, 6.07) is 2.12. The Balaban J connectivity index is 2.23. The number of hydrogen-bond donors (Lipinski definition) is 1. The van der Waals surface area contributed by atoms with Crippen LogP contribution in [0.5, 0.6) is 0 Å². The first-order valence-electron chi connectivity index (χ1n) is 5.74. The molecule has 0 unspecified atom stereocenters. The number of hydrogen-bond acceptors (Lipinski definition) is 4. The van der Waals surface area contributed by atoms with Gasteiger partial charge in [-0.05, 0) is 11.6 Å².